The summed E-state index contributed by atoms with van der Waals surface area (Å²) in [5.74, 6) is 0.0635. The number of halogens is 1. The molecule has 1 amide bonds. The fourth-order valence-electron chi connectivity index (χ4n) is 2.20. The Balaban J connectivity index is 1.97. The van der Waals surface area contributed by atoms with E-state index in [9.17, 15) is 4.79 Å². The highest BCUT2D eigenvalue weighted by atomic mass is 79.9. The van der Waals surface area contributed by atoms with E-state index >= 15 is 0 Å². The normalized spacial score (nSPS) is 11.0. The van der Waals surface area contributed by atoms with Crippen LogP contribution in [0.5, 0.6) is 0 Å². The Morgan fingerprint density at radius 2 is 2.00 bits per heavy atom. The zero-order chi connectivity index (χ0) is 16.3. The summed E-state index contributed by atoms with van der Waals surface area (Å²) in [7, 11) is 0. The molecule has 2 rings (SSSR count). The maximum absolute atomic E-state index is 12.4. The van der Waals surface area contributed by atoms with Gasteiger partial charge in [-0.2, -0.15) is 5.10 Å². The monoisotopic (exact) mass is 369 g/mol. The highest BCUT2D eigenvalue weighted by Crippen LogP contribution is 2.20. The first kappa shape index (κ1) is 16.7. The lowest BCUT2D eigenvalue weighted by atomic mass is 10.3. The smallest absolute Gasteiger partial charge is 0.224 e. The molecule has 0 aliphatic rings. The van der Waals surface area contributed by atoms with Crippen molar-refractivity contribution in [2.24, 2.45) is 0 Å². The van der Waals surface area contributed by atoms with Crippen molar-refractivity contribution in [3.63, 3.8) is 0 Å². The number of carbonyl (C=O) groups is 1. The maximum Gasteiger partial charge on any atom is 0.224 e. The van der Waals surface area contributed by atoms with Crippen LogP contribution in [0.1, 0.15) is 36.1 Å². The number of carbonyl (C=O) groups excluding carboxylic acids is 1. The number of rotatable bonds is 6. The molecule has 0 saturated heterocycles. The van der Waals surface area contributed by atoms with Crippen LogP contribution in [0.25, 0.3) is 0 Å². The summed E-state index contributed by atoms with van der Waals surface area (Å²) in [5, 5.41) is 12.0. The third-order valence-corrected chi connectivity index (χ3v) is 4.80. The average Bonchev–Trinajstić information content (AvgIpc) is 3.01. The lowest BCUT2D eigenvalue weighted by molar-refractivity contribution is -0.132. The van der Waals surface area contributed by atoms with E-state index in [2.05, 4.69) is 36.0 Å². The second-order valence-electron chi connectivity index (χ2n) is 5.16. The lowest BCUT2D eigenvalue weighted by Crippen LogP contribution is -2.31. The van der Waals surface area contributed by atoms with Gasteiger partial charge < -0.3 is 4.90 Å². The van der Waals surface area contributed by atoms with Gasteiger partial charge in [-0.25, -0.2) is 4.63 Å². The first-order chi connectivity index (χ1) is 10.4. The average molecular weight is 370 g/mol. The van der Waals surface area contributed by atoms with Gasteiger partial charge in [0.15, 0.2) is 0 Å². The molecule has 0 aliphatic heterocycles. The summed E-state index contributed by atoms with van der Waals surface area (Å²) in [6, 6.07) is 0. The van der Waals surface area contributed by atoms with Crippen LogP contribution in [0.15, 0.2) is 9.10 Å². The molecule has 120 valence electrons. The Morgan fingerprint density at radius 1 is 1.27 bits per heavy atom. The number of nitrogens with zero attached hydrogens (tertiary/aromatic N) is 5. The minimum atomic E-state index is 0.0635. The largest absolute Gasteiger partial charge is 0.337 e. The standard InChI is InChI=1S/C14H20BrN5O2/c1-5-19(8-12-9(2)17-22-18-12)13(21)6-7-20-11(4)14(15)10(3)16-20/h5-8H2,1-4H3. The Kier molecular flexibility index (Phi) is 5.33. The number of amides is 1. The molecule has 0 aliphatic carbocycles. The van der Waals surface area contributed by atoms with Crippen molar-refractivity contribution in [2.75, 3.05) is 6.54 Å². The minimum absolute atomic E-state index is 0.0635. The second kappa shape index (κ2) is 7.04. The van der Waals surface area contributed by atoms with Crippen LogP contribution >= 0.6 is 15.9 Å². The van der Waals surface area contributed by atoms with E-state index in [-0.39, 0.29) is 5.91 Å². The predicted octanol–water partition coefficient (Wildman–Crippen LogP) is 2.39. The molecule has 0 fully saturated rings. The first-order valence-corrected chi connectivity index (χ1v) is 7.98. The summed E-state index contributed by atoms with van der Waals surface area (Å²) in [6.45, 7) is 9.28. The first-order valence-electron chi connectivity index (χ1n) is 7.19. The van der Waals surface area contributed by atoms with Crippen LogP contribution < -0.4 is 0 Å². The third kappa shape index (κ3) is 3.55. The molecule has 0 aromatic carbocycles. The van der Waals surface area contributed by atoms with E-state index in [0.717, 1.165) is 15.9 Å². The molecule has 7 nitrogen and oxygen atoms in total. The van der Waals surface area contributed by atoms with Crippen molar-refractivity contribution in [1.82, 2.24) is 25.0 Å². The van der Waals surface area contributed by atoms with Gasteiger partial charge in [-0.15, -0.1) is 0 Å². The summed E-state index contributed by atoms with van der Waals surface area (Å²) >= 11 is 3.49. The molecule has 2 heterocycles. The van der Waals surface area contributed by atoms with E-state index in [1.54, 1.807) is 4.90 Å². The van der Waals surface area contributed by atoms with Crippen LogP contribution in [-0.4, -0.2) is 37.4 Å². The van der Waals surface area contributed by atoms with Crippen molar-refractivity contribution in [1.29, 1.82) is 0 Å². The van der Waals surface area contributed by atoms with E-state index < -0.39 is 0 Å². The zero-order valence-corrected chi connectivity index (χ0v) is 14.8. The van der Waals surface area contributed by atoms with Crippen molar-refractivity contribution in [3.8, 4) is 0 Å². The van der Waals surface area contributed by atoms with E-state index in [4.69, 9.17) is 0 Å². The van der Waals surface area contributed by atoms with Gasteiger partial charge in [-0.3, -0.25) is 9.48 Å². The second-order valence-corrected chi connectivity index (χ2v) is 5.96. The molecule has 2 aromatic rings. The molecule has 2 aromatic heterocycles. The van der Waals surface area contributed by atoms with Crippen molar-refractivity contribution in [3.05, 3.63) is 27.2 Å². The van der Waals surface area contributed by atoms with Crippen LogP contribution in [0.2, 0.25) is 0 Å². The minimum Gasteiger partial charge on any atom is -0.337 e. The Morgan fingerprint density at radius 3 is 2.50 bits per heavy atom. The number of hydrogen-bond donors (Lipinski definition) is 0. The van der Waals surface area contributed by atoms with Gasteiger partial charge in [-0.1, -0.05) is 10.3 Å². The van der Waals surface area contributed by atoms with Gasteiger partial charge in [0.1, 0.15) is 11.4 Å². The fourth-order valence-corrected chi connectivity index (χ4v) is 2.49. The van der Waals surface area contributed by atoms with E-state index in [1.807, 2.05) is 32.4 Å². The molecule has 8 heteroatoms. The van der Waals surface area contributed by atoms with Crippen LogP contribution in [0.3, 0.4) is 0 Å². The molecule has 0 N–H and O–H groups in total. The molecular weight excluding hydrogens is 350 g/mol. The molecule has 0 radical (unpaired) electrons. The highest BCUT2D eigenvalue weighted by Gasteiger charge is 2.17. The van der Waals surface area contributed by atoms with Gasteiger partial charge in [-0.05, 0) is 43.6 Å². The topological polar surface area (TPSA) is 77.0 Å². The van der Waals surface area contributed by atoms with Gasteiger partial charge in [0.2, 0.25) is 5.91 Å². The molecule has 0 spiro atoms. The van der Waals surface area contributed by atoms with Crippen LogP contribution in [0.4, 0.5) is 0 Å². The third-order valence-electron chi connectivity index (χ3n) is 3.65. The highest BCUT2D eigenvalue weighted by molar-refractivity contribution is 9.10. The summed E-state index contributed by atoms with van der Waals surface area (Å²) in [6.07, 6.45) is 0.395. The Bertz CT molecular complexity index is 664. The summed E-state index contributed by atoms with van der Waals surface area (Å²) in [5.41, 5.74) is 3.38. The Hall–Kier alpha value is -1.70. The number of aryl methyl sites for hydroxylation is 3. The molecule has 0 bridgehead atoms. The van der Waals surface area contributed by atoms with Crippen molar-refractivity contribution < 1.29 is 9.42 Å². The molecule has 22 heavy (non-hydrogen) atoms. The van der Waals surface area contributed by atoms with Crippen molar-refractivity contribution in [2.45, 2.75) is 47.2 Å². The SMILES string of the molecule is CCN(Cc1nonc1C)C(=O)CCn1nc(C)c(Br)c1C. The van der Waals surface area contributed by atoms with E-state index in [0.29, 0.717) is 37.4 Å². The van der Waals surface area contributed by atoms with Crippen LogP contribution in [0, 0.1) is 20.8 Å². The zero-order valence-electron chi connectivity index (χ0n) is 13.3. The molecule has 0 atom stereocenters. The van der Waals surface area contributed by atoms with Crippen molar-refractivity contribution >= 4 is 21.8 Å². The summed E-state index contributed by atoms with van der Waals surface area (Å²) < 4.78 is 7.53. The summed E-state index contributed by atoms with van der Waals surface area (Å²) in [4.78, 5) is 14.1. The lowest BCUT2D eigenvalue weighted by Gasteiger charge is -2.19. The van der Waals surface area contributed by atoms with Crippen LogP contribution in [-0.2, 0) is 17.9 Å². The Labute approximate surface area is 137 Å². The predicted molar refractivity (Wildman–Crippen MR) is 84.1 cm³/mol. The van der Waals surface area contributed by atoms with Gasteiger partial charge in [0.05, 0.1) is 23.3 Å². The molecular formula is C14H20BrN5O2. The fraction of sp³-hybridized carbons (Fsp3) is 0.571. The number of hydrogen-bond acceptors (Lipinski definition) is 5. The molecule has 0 saturated carbocycles. The quantitative estimate of drug-likeness (QED) is 0.780. The van der Waals surface area contributed by atoms with Gasteiger partial charge in [0, 0.05) is 18.7 Å². The van der Waals surface area contributed by atoms with Gasteiger partial charge >= 0.3 is 0 Å². The molecule has 0 unspecified atom stereocenters. The van der Waals surface area contributed by atoms with E-state index in [1.165, 1.54) is 0 Å². The number of aromatic nitrogens is 4. The van der Waals surface area contributed by atoms with Gasteiger partial charge in [0.25, 0.3) is 0 Å². The maximum atomic E-state index is 12.4.